The number of halogens is 1. The molecule has 0 bridgehead atoms. The lowest BCUT2D eigenvalue weighted by Gasteiger charge is -2.34. The Morgan fingerprint density at radius 1 is 1.00 bits per heavy atom. The first kappa shape index (κ1) is 18.7. The van der Waals surface area contributed by atoms with Gasteiger partial charge in [0, 0.05) is 11.1 Å². The van der Waals surface area contributed by atoms with Crippen molar-refractivity contribution in [1.82, 2.24) is 4.90 Å². The van der Waals surface area contributed by atoms with E-state index in [-0.39, 0.29) is 12.5 Å². The second-order valence-corrected chi connectivity index (χ2v) is 6.80. The molecule has 29 heavy (non-hydrogen) atoms. The van der Waals surface area contributed by atoms with E-state index in [0.717, 1.165) is 0 Å². The molecule has 5 nitrogen and oxygen atoms in total. The Morgan fingerprint density at radius 2 is 1.66 bits per heavy atom. The molecule has 4 rings (SSSR count). The summed E-state index contributed by atoms with van der Waals surface area (Å²) in [4.78, 5) is 27.4. The number of fused-ring (bicyclic) bond motifs is 1. The first-order chi connectivity index (χ1) is 14.1. The third-order valence-electron chi connectivity index (χ3n) is 4.98. The van der Waals surface area contributed by atoms with Gasteiger partial charge in [-0.2, -0.15) is 0 Å². The van der Waals surface area contributed by atoms with Crippen LogP contribution in [0.2, 0.25) is 0 Å². The minimum absolute atomic E-state index is 0.105. The van der Waals surface area contributed by atoms with Gasteiger partial charge in [0.25, 0.3) is 5.91 Å². The average molecular weight is 390 g/mol. The molecule has 146 valence electrons. The lowest BCUT2D eigenvalue weighted by molar-refractivity contribution is -0.123. The molecule has 1 heterocycles. The number of nitrogens with zero attached hydrogens (tertiary/aromatic N) is 1. The largest absolute Gasteiger partial charge is 0.491 e. The fraction of sp³-hybridized carbons (Fsp3) is 0.130. The smallest absolute Gasteiger partial charge is 0.255 e. The van der Waals surface area contributed by atoms with Gasteiger partial charge in [0.1, 0.15) is 24.2 Å². The lowest BCUT2D eigenvalue weighted by Crippen LogP contribution is -2.44. The minimum atomic E-state index is -1.04. The first-order valence-corrected chi connectivity index (χ1v) is 9.20. The lowest BCUT2D eigenvalue weighted by atomic mass is 9.98. The van der Waals surface area contributed by atoms with Crippen molar-refractivity contribution in [2.45, 2.75) is 12.1 Å². The van der Waals surface area contributed by atoms with Crippen LogP contribution in [0.5, 0.6) is 5.75 Å². The number of hydrogen-bond acceptors (Lipinski definition) is 3. The predicted molar refractivity (Wildman–Crippen MR) is 106 cm³/mol. The number of primary amides is 1. The molecule has 0 aromatic heterocycles. The summed E-state index contributed by atoms with van der Waals surface area (Å²) in [6, 6.07) is 19.9. The number of amides is 2. The monoisotopic (exact) mass is 390 g/mol. The molecule has 2 amide bonds. The Kier molecular flexibility index (Phi) is 4.99. The number of rotatable bonds is 5. The zero-order chi connectivity index (χ0) is 20.4. The number of benzene rings is 3. The Labute approximate surface area is 167 Å². The number of hydrogen-bond donors (Lipinski definition) is 1. The molecule has 1 unspecified atom stereocenters. The van der Waals surface area contributed by atoms with Crippen molar-refractivity contribution in [3.8, 4) is 5.75 Å². The van der Waals surface area contributed by atoms with Crippen molar-refractivity contribution >= 4 is 11.8 Å². The maximum absolute atomic E-state index is 14.0. The van der Waals surface area contributed by atoms with Gasteiger partial charge in [-0.15, -0.1) is 0 Å². The molecule has 0 radical (unpaired) electrons. The van der Waals surface area contributed by atoms with Crippen molar-refractivity contribution in [3.05, 3.63) is 101 Å². The highest BCUT2D eigenvalue weighted by Crippen LogP contribution is 2.41. The summed E-state index contributed by atoms with van der Waals surface area (Å²) in [5.41, 5.74) is 7.25. The summed E-state index contributed by atoms with van der Waals surface area (Å²) in [7, 11) is 0. The Hall–Kier alpha value is -3.67. The summed E-state index contributed by atoms with van der Waals surface area (Å²) in [5.74, 6) is -1.02. The van der Waals surface area contributed by atoms with Gasteiger partial charge in [-0.25, -0.2) is 4.39 Å². The van der Waals surface area contributed by atoms with E-state index in [2.05, 4.69) is 0 Å². The molecular formula is C23H19FN2O3. The van der Waals surface area contributed by atoms with Crippen molar-refractivity contribution < 1.29 is 18.7 Å². The quantitative estimate of drug-likeness (QED) is 0.723. The minimum Gasteiger partial charge on any atom is -0.491 e. The summed E-state index contributed by atoms with van der Waals surface area (Å²) < 4.78 is 19.6. The number of nitrogens with two attached hydrogens (primary N) is 1. The van der Waals surface area contributed by atoms with E-state index in [9.17, 15) is 14.0 Å². The van der Waals surface area contributed by atoms with E-state index in [1.807, 2.05) is 6.07 Å². The van der Waals surface area contributed by atoms with Crippen LogP contribution < -0.4 is 10.5 Å². The second kappa shape index (κ2) is 7.75. The fourth-order valence-electron chi connectivity index (χ4n) is 3.67. The van der Waals surface area contributed by atoms with Crippen LogP contribution in [0.3, 0.4) is 0 Å². The number of carbonyl (C=O) groups excluding carboxylic acids is 2. The molecule has 3 aromatic carbocycles. The Bertz CT molecular complexity index is 1040. The van der Waals surface area contributed by atoms with Crippen molar-refractivity contribution in [2.24, 2.45) is 5.73 Å². The maximum atomic E-state index is 14.0. The zero-order valence-electron chi connectivity index (χ0n) is 15.5. The van der Waals surface area contributed by atoms with E-state index in [0.29, 0.717) is 22.4 Å². The van der Waals surface area contributed by atoms with Crippen LogP contribution in [0.25, 0.3) is 0 Å². The molecule has 2 atom stereocenters. The molecule has 6 heteroatoms. The van der Waals surface area contributed by atoms with Crippen LogP contribution in [0.4, 0.5) is 4.39 Å². The normalized spacial score (nSPS) is 15.8. The van der Waals surface area contributed by atoms with Gasteiger partial charge in [-0.3, -0.25) is 9.59 Å². The van der Waals surface area contributed by atoms with Crippen LogP contribution in [0.1, 0.15) is 33.6 Å². The molecule has 1 aliphatic rings. The highest BCUT2D eigenvalue weighted by atomic mass is 19.1. The van der Waals surface area contributed by atoms with Crippen molar-refractivity contribution in [2.75, 3.05) is 6.61 Å². The van der Waals surface area contributed by atoms with Gasteiger partial charge in [0.15, 0.2) is 0 Å². The van der Waals surface area contributed by atoms with Crippen LogP contribution >= 0.6 is 0 Å². The van der Waals surface area contributed by atoms with E-state index < -0.39 is 23.8 Å². The van der Waals surface area contributed by atoms with E-state index >= 15 is 0 Å². The second-order valence-electron chi connectivity index (χ2n) is 6.80. The van der Waals surface area contributed by atoms with Gasteiger partial charge < -0.3 is 15.4 Å². The van der Waals surface area contributed by atoms with Gasteiger partial charge in [0.2, 0.25) is 5.91 Å². The van der Waals surface area contributed by atoms with Crippen LogP contribution in [0, 0.1) is 5.82 Å². The van der Waals surface area contributed by atoms with E-state index in [1.54, 1.807) is 54.6 Å². The molecule has 2 N–H and O–H groups in total. The molecule has 0 spiro atoms. The zero-order valence-corrected chi connectivity index (χ0v) is 15.5. The molecular weight excluding hydrogens is 371 g/mol. The topological polar surface area (TPSA) is 72.6 Å². The maximum Gasteiger partial charge on any atom is 0.255 e. The molecule has 3 aromatic rings. The van der Waals surface area contributed by atoms with Crippen LogP contribution in [0.15, 0.2) is 78.9 Å². The third kappa shape index (κ3) is 3.57. The van der Waals surface area contributed by atoms with Gasteiger partial charge in [-0.1, -0.05) is 48.5 Å². The average Bonchev–Trinajstić information content (AvgIpc) is 3.15. The van der Waals surface area contributed by atoms with E-state index in [4.69, 9.17) is 10.5 Å². The van der Waals surface area contributed by atoms with Crippen LogP contribution in [-0.4, -0.2) is 23.3 Å². The number of carbonyl (C=O) groups is 2. The standard InChI is InChI=1S/C23H19FN2O3/c24-17-11-12-20-18(13-17)19(14-29-20)26(23(28)16-9-5-2-6-10-16)21(22(25)27)15-7-3-1-4-8-15/h1-13,19,21H,14H2,(H2,25,27)/t19-,21?/m1/s1. The van der Waals surface area contributed by atoms with Crippen LogP contribution in [-0.2, 0) is 4.79 Å². The van der Waals surface area contributed by atoms with Gasteiger partial charge in [0.05, 0.1) is 6.04 Å². The van der Waals surface area contributed by atoms with Gasteiger partial charge in [-0.05, 0) is 35.9 Å². The first-order valence-electron chi connectivity index (χ1n) is 9.20. The predicted octanol–water partition coefficient (Wildman–Crippen LogP) is 3.63. The molecule has 0 fully saturated rings. The summed E-state index contributed by atoms with van der Waals surface area (Å²) in [6.07, 6.45) is 0. The Morgan fingerprint density at radius 3 is 2.31 bits per heavy atom. The molecule has 1 aliphatic heterocycles. The highest BCUT2D eigenvalue weighted by Gasteiger charge is 2.40. The fourth-order valence-corrected chi connectivity index (χ4v) is 3.67. The molecule has 0 saturated carbocycles. The van der Waals surface area contributed by atoms with Gasteiger partial charge >= 0.3 is 0 Å². The summed E-state index contributed by atoms with van der Waals surface area (Å²) in [5, 5.41) is 0. The Balaban J connectivity index is 1.86. The van der Waals surface area contributed by atoms with Crippen molar-refractivity contribution in [1.29, 1.82) is 0 Å². The highest BCUT2D eigenvalue weighted by molar-refractivity contribution is 5.98. The molecule has 0 aliphatic carbocycles. The van der Waals surface area contributed by atoms with Crippen molar-refractivity contribution in [3.63, 3.8) is 0 Å². The molecule has 0 saturated heterocycles. The third-order valence-corrected chi connectivity index (χ3v) is 4.98. The SMILES string of the molecule is NC(=O)C(c1ccccc1)N(C(=O)c1ccccc1)[C@@H]1COc2ccc(F)cc21. The van der Waals surface area contributed by atoms with E-state index in [1.165, 1.54) is 23.1 Å². The summed E-state index contributed by atoms with van der Waals surface area (Å²) in [6.45, 7) is 0.105. The summed E-state index contributed by atoms with van der Waals surface area (Å²) >= 11 is 0. The number of ether oxygens (including phenoxy) is 1.